The molecular formula is C14H24N2O4. The lowest BCUT2D eigenvalue weighted by molar-refractivity contribution is -0.148. The molecule has 2 amide bonds. The van der Waals surface area contributed by atoms with Gasteiger partial charge < -0.3 is 15.3 Å². The molecule has 0 bridgehead atoms. The zero-order valence-corrected chi connectivity index (χ0v) is 12.4. The molecule has 1 heterocycles. The number of amides is 2. The maximum Gasteiger partial charge on any atom is 0.311 e. The lowest BCUT2D eigenvalue weighted by atomic mass is 9.87. The van der Waals surface area contributed by atoms with Crippen molar-refractivity contribution in [2.75, 3.05) is 19.6 Å². The molecule has 1 saturated heterocycles. The molecule has 20 heavy (non-hydrogen) atoms. The largest absolute Gasteiger partial charge is 0.481 e. The van der Waals surface area contributed by atoms with Gasteiger partial charge in [-0.3, -0.25) is 14.4 Å². The number of nitrogens with one attached hydrogen (secondary N) is 1. The minimum Gasteiger partial charge on any atom is -0.481 e. The van der Waals surface area contributed by atoms with Gasteiger partial charge in [0.05, 0.1) is 11.3 Å². The van der Waals surface area contributed by atoms with Crippen molar-refractivity contribution in [1.82, 2.24) is 10.2 Å². The first-order valence-electron chi connectivity index (χ1n) is 7.06. The number of piperidine rings is 1. The van der Waals surface area contributed by atoms with E-state index in [-0.39, 0.29) is 24.3 Å². The van der Waals surface area contributed by atoms with Crippen LogP contribution in [0.2, 0.25) is 0 Å². The molecule has 0 radical (unpaired) electrons. The van der Waals surface area contributed by atoms with Crippen LogP contribution < -0.4 is 5.32 Å². The van der Waals surface area contributed by atoms with Crippen LogP contribution in [0.1, 0.15) is 40.0 Å². The molecule has 0 aliphatic carbocycles. The van der Waals surface area contributed by atoms with Crippen molar-refractivity contribution in [2.45, 2.75) is 40.0 Å². The van der Waals surface area contributed by atoms with Gasteiger partial charge in [0.2, 0.25) is 11.8 Å². The topological polar surface area (TPSA) is 86.7 Å². The predicted molar refractivity (Wildman–Crippen MR) is 74.0 cm³/mol. The van der Waals surface area contributed by atoms with Gasteiger partial charge in [-0.15, -0.1) is 0 Å². The molecule has 0 spiro atoms. The summed E-state index contributed by atoms with van der Waals surface area (Å²) in [5.41, 5.74) is -0.940. The Kier molecular flexibility index (Phi) is 5.53. The summed E-state index contributed by atoms with van der Waals surface area (Å²) in [4.78, 5) is 36.3. The molecule has 6 heteroatoms. The van der Waals surface area contributed by atoms with Crippen molar-refractivity contribution in [3.8, 4) is 0 Å². The van der Waals surface area contributed by atoms with Crippen LogP contribution in [0.5, 0.6) is 0 Å². The number of hydrogen-bond acceptors (Lipinski definition) is 3. The second-order valence-electron chi connectivity index (χ2n) is 5.74. The normalized spacial score (nSPS) is 21.9. The van der Waals surface area contributed by atoms with Crippen LogP contribution in [-0.2, 0) is 14.4 Å². The summed E-state index contributed by atoms with van der Waals surface area (Å²) in [7, 11) is 0. The number of hydrogen-bond donors (Lipinski definition) is 2. The Morgan fingerprint density at radius 1 is 1.40 bits per heavy atom. The number of aliphatic carboxylic acids is 1. The molecule has 2 atom stereocenters. The standard InChI is InChI=1S/C14H24N2O4/c1-4-14(3,13(19)20)9-15-12(18)11-6-5-7-16(8-11)10(2)17/h11H,4-9H2,1-3H3,(H,15,18)(H,19,20). The van der Waals surface area contributed by atoms with Crippen molar-refractivity contribution in [3.63, 3.8) is 0 Å². The maximum atomic E-state index is 12.1. The van der Waals surface area contributed by atoms with Crippen LogP contribution in [0.3, 0.4) is 0 Å². The maximum absolute atomic E-state index is 12.1. The van der Waals surface area contributed by atoms with Gasteiger partial charge in [-0.2, -0.15) is 0 Å². The van der Waals surface area contributed by atoms with Crippen LogP contribution in [0.4, 0.5) is 0 Å². The van der Waals surface area contributed by atoms with E-state index in [1.54, 1.807) is 18.7 Å². The van der Waals surface area contributed by atoms with Gasteiger partial charge in [0, 0.05) is 26.6 Å². The Morgan fingerprint density at radius 3 is 2.55 bits per heavy atom. The van der Waals surface area contributed by atoms with E-state index in [1.807, 2.05) is 0 Å². The summed E-state index contributed by atoms with van der Waals surface area (Å²) in [5, 5.41) is 11.9. The van der Waals surface area contributed by atoms with Gasteiger partial charge in [-0.1, -0.05) is 6.92 Å². The fourth-order valence-electron chi connectivity index (χ4n) is 2.26. The minimum atomic E-state index is -0.940. The van der Waals surface area contributed by atoms with Crippen molar-refractivity contribution in [2.24, 2.45) is 11.3 Å². The molecule has 0 aromatic carbocycles. The third-order valence-corrected chi connectivity index (χ3v) is 4.19. The second-order valence-corrected chi connectivity index (χ2v) is 5.74. The van der Waals surface area contributed by atoms with E-state index in [9.17, 15) is 14.4 Å². The van der Waals surface area contributed by atoms with Crippen LogP contribution >= 0.6 is 0 Å². The molecule has 0 saturated carbocycles. The smallest absolute Gasteiger partial charge is 0.311 e. The average molecular weight is 284 g/mol. The van der Waals surface area contributed by atoms with Crippen molar-refractivity contribution in [3.05, 3.63) is 0 Å². The van der Waals surface area contributed by atoms with Crippen LogP contribution in [-0.4, -0.2) is 47.4 Å². The first-order valence-corrected chi connectivity index (χ1v) is 7.06. The predicted octanol–water partition coefficient (Wildman–Crippen LogP) is 0.862. The summed E-state index contributed by atoms with van der Waals surface area (Å²) in [5.74, 6) is -1.32. The number of rotatable bonds is 5. The second kappa shape index (κ2) is 6.72. The lowest BCUT2D eigenvalue weighted by Gasteiger charge is -2.32. The van der Waals surface area contributed by atoms with E-state index in [1.165, 1.54) is 6.92 Å². The molecule has 1 aliphatic heterocycles. The number of likely N-dealkylation sites (tertiary alicyclic amines) is 1. The van der Waals surface area contributed by atoms with Gasteiger partial charge in [-0.05, 0) is 26.2 Å². The van der Waals surface area contributed by atoms with E-state index >= 15 is 0 Å². The average Bonchev–Trinajstić information content (AvgIpc) is 2.44. The van der Waals surface area contributed by atoms with E-state index < -0.39 is 11.4 Å². The molecule has 1 rings (SSSR count). The first-order chi connectivity index (χ1) is 9.30. The summed E-state index contributed by atoms with van der Waals surface area (Å²) in [6.07, 6.45) is 2.00. The number of carboxylic acid groups (broad SMARTS) is 1. The summed E-state index contributed by atoms with van der Waals surface area (Å²) in [6, 6.07) is 0. The fourth-order valence-corrected chi connectivity index (χ4v) is 2.26. The molecule has 0 aromatic rings. The van der Waals surface area contributed by atoms with E-state index in [4.69, 9.17) is 5.11 Å². The molecule has 1 aliphatic rings. The lowest BCUT2D eigenvalue weighted by Crippen LogP contribution is -2.47. The van der Waals surface area contributed by atoms with Crippen LogP contribution in [0.15, 0.2) is 0 Å². The molecular weight excluding hydrogens is 260 g/mol. The monoisotopic (exact) mass is 284 g/mol. The van der Waals surface area contributed by atoms with Gasteiger partial charge >= 0.3 is 5.97 Å². The Labute approximate surface area is 119 Å². The van der Waals surface area contributed by atoms with Gasteiger partial charge in [-0.25, -0.2) is 0 Å². The highest BCUT2D eigenvalue weighted by Crippen LogP contribution is 2.21. The molecule has 6 nitrogen and oxygen atoms in total. The molecule has 2 N–H and O–H groups in total. The number of carboxylic acids is 1. The van der Waals surface area contributed by atoms with E-state index in [0.29, 0.717) is 19.5 Å². The van der Waals surface area contributed by atoms with Crippen LogP contribution in [0, 0.1) is 11.3 Å². The minimum absolute atomic E-state index is 0.0218. The van der Waals surface area contributed by atoms with Gasteiger partial charge in [0.25, 0.3) is 0 Å². The summed E-state index contributed by atoms with van der Waals surface area (Å²) >= 11 is 0. The fraction of sp³-hybridized carbons (Fsp3) is 0.786. The molecule has 2 unspecified atom stereocenters. The first kappa shape index (κ1) is 16.5. The van der Waals surface area contributed by atoms with E-state index in [0.717, 1.165) is 12.8 Å². The Bertz CT molecular complexity index is 397. The summed E-state index contributed by atoms with van der Waals surface area (Å²) < 4.78 is 0. The summed E-state index contributed by atoms with van der Waals surface area (Å²) in [6.45, 7) is 6.15. The Hall–Kier alpha value is -1.59. The highest BCUT2D eigenvalue weighted by molar-refractivity contribution is 5.82. The van der Waals surface area contributed by atoms with E-state index in [2.05, 4.69) is 5.32 Å². The zero-order valence-electron chi connectivity index (χ0n) is 12.4. The third-order valence-electron chi connectivity index (χ3n) is 4.19. The highest BCUT2D eigenvalue weighted by atomic mass is 16.4. The van der Waals surface area contributed by atoms with Crippen molar-refractivity contribution in [1.29, 1.82) is 0 Å². The van der Waals surface area contributed by atoms with Gasteiger partial charge in [0.1, 0.15) is 0 Å². The van der Waals surface area contributed by atoms with Crippen LogP contribution in [0.25, 0.3) is 0 Å². The Balaban J connectivity index is 2.54. The number of nitrogens with zero attached hydrogens (tertiary/aromatic N) is 1. The zero-order chi connectivity index (χ0) is 15.3. The number of carbonyl (C=O) groups is 3. The highest BCUT2D eigenvalue weighted by Gasteiger charge is 2.33. The molecule has 1 fully saturated rings. The molecule has 114 valence electrons. The quantitative estimate of drug-likeness (QED) is 0.784. The molecule has 0 aromatic heterocycles. The van der Waals surface area contributed by atoms with Crippen molar-refractivity contribution < 1.29 is 19.5 Å². The van der Waals surface area contributed by atoms with Crippen molar-refractivity contribution >= 4 is 17.8 Å². The number of carbonyl (C=O) groups excluding carboxylic acids is 2. The Morgan fingerprint density at radius 2 is 2.05 bits per heavy atom. The van der Waals surface area contributed by atoms with Gasteiger partial charge in [0.15, 0.2) is 0 Å². The SMILES string of the molecule is CCC(C)(CNC(=O)C1CCCN(C(C)=O)C1)C(=O)O. The third kappa shape index (κ3) is 3.95.